The van der Waals surface area contributed by atoms with Gasteiger partial charge in [-0.3, -0.25) is 0 Å². The molecule has 1 N–H and O–H groups in total. The SMILES string of the molecule is CCNCc1sc(N(C)CCS(C)(=O)=O)nc1C(C)CC. The molecule has 0 aliphatic rings. The minimum atomic E-state index is -2.94. The summed E-state index contributed by atoms with van der Waals surface area (Å²) in [5, 5.41) is 4.25. The highest BCUT2D eigenvalue weighted by atomic mass is 32.2. The monoisotopic (exact) mass is 333 g/mol. The Hall–Kier alpha value is -0.660. The lowest BCUT2D eigenvalue weighted by Gasteiger charge is -2.14. The van der Waals surface area contributed by atoms with Crippen molar-refractivity contribution in [2.45, 2.75) is 39.7 Å². The van der Waals surface area contributed by atoms with Crippen LogP contribution < -0.4 is 10.2 Å². The number of nitrogens with zero attached hydrogens (tertiary/aromatic N) is 2. The van der Waals surface area contributed by atoms with Crippen molar-refractivity contribution in [3.63, 3.8) is 0 Å². The Morgan fingerprint density at radius 1 is 1.38 bits per heavy atom. The van der Waals surface area contributed by atoms with Gasteiger partial charge in [-0.1, -0.05) is 20.8 Å². The number of hydrogen-bond acceptors (Lipinski definition) is 6. The number of thiazole rings is 1. The Kier molecular flexibility index (Phi) is 7.09. The summed E-state index contributed by atoms with van der Waals surface area (Å²) in [4.78, 5) is 7.94. The van der Waals surface area contributed by atoms with E-state index in [1.165, 1.54) is 11.1 Å². The predicted molar refractivity (Wildman–Crippen MR) is 91.2 cm³/mol. The van der Waals surface area contributed by atoms with Crippen LogP contribution in [0.3, 0.4) is 0 Å². The smallest absolute Gasteiger partial charge is 0.185 e. The van der Waals surface area contributed by atoms with Crippen molar-refractivity contribution in [3.05, 3.63) is 10.6 Å². The van der Waals surface area contributed by atoms with Gasteiger partial charge < -0.3 is 10.2 Å². The fraction of sp³-hybridized carbons (Fsp3) is 0.786. The van der Waals surface area contributed by atoms with E-state index in [0.717, 1.165) is 30.3 Å². The summed E-state index contributed by atoms with van der Waals surface area (Å²) in [6, 6.07) is 0. The Bertz CT molecular complexity index is 540. The second kappa shape index (κ2) is 8.10. The van der Waals surface area contributed by atoms with E-state index < -0.39 is 9.84 Å². The van der Waals surface area contributed by atoms with Crippen LogP contribution in [0.4, 0.5) is 5.13 Å². The molecule has 0 bridgehead atoms. The summed E-state index contributed by atoms with van der Waals surface area (Å²) in [7, 11) is -1.04. The third-order valence-corrected chi connectivity index (χ3v) is 5.56. The maximum Gasteiger partial charge on any atom is 0.185 e. The van der Waals surface area contributed by atoms with Crippen LogP contribution in [0.15, 0.2) is 0 Å². The van der Waals surface area contributed by atoms with Gasteiger partial charge in [0, 0.05) is 31.3 Å². The molecule has 0 aliphatic heterocycles. The van der Waals surface area contributed by atoms with E-state index >= 15 is 0 Å². The van der Waals surface area contributed by atoms with E-state index in [9.17, 15) is 8.42 Å². The standard InChI is InChI=1S/C14H27N3O2S2/c1-6-11(3)13-12(10-15-7-2)20-14(16-13)17(4)8-9-21(5,18)19/h11,15H,6-10H2,1-5H3. The summed E-state index contributed by atoms with van der Waals surface area (Å²) in [5.41, 5.74) is 1.14. The zero-order valence-electron chi connectivity index (χ0n) is 13.6. The van der Waals surface area contributed by atoms with Crippen LogP contribution in [0.25, 0.3) is 0 Å². The summed E-state index contributed by atoms with van der Waals surface area (Å²) >= 11 is 1.66. The summed E-state index contributed by atoms with van der Waals surface area (Å²) in [6.07, 6.45) is 2.32. The number of sulfone groups is 1. The number of rotatable bonds is 9. The van der Waals surface area contributed by atoms with Gasteiger partial charge >= 0.3 is 0 Å². The van der Waals surface area contributed by atoms with E-state index in [2.05, 4.69) is 26.1 Å². The Morgan fingerprint density at radius 3 is 2.57 bits per heavy atom. The Balaban J connectivity index is 2.89. The van der Waals surface area contributed by atoms with Gasteiger partial charge in [0.05, 0.1) is 11.4 Å². The molecular weight excluding hydrogens is 306 g/mol. The van der Waals surface area contributed by atoms with Crippen LogP contribution in [0.5, 0.6) is 0 Å². The van der Waals surface area contributed by atoms with Crippen LogP contribution in [0, 0.1) is 0 Å². The van der Waals surface area contributed by atoms with E-state index in [1.807, 2.05) is 11.9 Å². The number of nitrogens with one attached hydrogen (secondary N) is 1. The summed E-state index contributed by atoms with van der Waals surface area (Å²) in [6.45, 7) is 8.67. The van der Waals surface area contributed by atoms with Crippen molar-refractivity contribution in [2.75, 3.05) is 37.0 Å². The molecule has 1 atom stereocenters. The van der Waals surface area contributed by atoms with Crippen molar-refractivity contribution in [2.24, 2.45) is 0 Å². The average molecular weight is 334 g/mol. The van der Waals surface area contributed by atoms with Crippen molar-refractivity contribution < 1.29 is 8.42 Å². The molecule has 0 saturated carbocycles. The molecule has 0 aliphatic carbocycles. The zero-order chi connectivity index (χ0) is 16.0. The lowest BCUT2D eigenvalue weighted by Crippen LogP contribution is -2.24. The van der Waals surface area contributed by atoms with Gasteiger partial charge in [0.25, 0.3) is 0 Å². The molecule has 1 heterocycles. The Labute approximate surface area is 132 Å². The van der Waals surface area contributed by atoms with Gasteiger partial charge in [-0.25, -0.2) is 13.4 Å². The van der Waals surface area contributed by atoms with Gasteiger partial charge in [-0.2, -0.15) is 0 Å². The summed E-state index contributed by atoms with van der Waals surface area (Å²) < 4.78 is 22.6. The van der Waals surface area contributed by atoms with E-state index in [-0.39, 0.29) is 5.75 Å². The molecule has 0 amide bonds. The van der Waals surface area contributed by atoms with Crippen molar-refractivity contribution in [1.82, 2.24) is 10.3 Å². The third kappa shape index (κ3) is 5.92. The maximum atomic E-state index is 11.3. The minimum Gasteiger partial charge on any atom is -0.350 e. The molecule has 0 fully saturated rings. The highest BCUT2D eigenvalue weighted by Crippen LogP contribution is 2.31. The second-order valence-corrected chi connectivity index (χ2v) is 8.77. The molecule has 7 heteroatoms. The van der Waals surface area contributed by atoms with Crippen LogP contribution in [-0.2, 0) is 16.4 Å². The number of anilines is 1. The number of aromatic nitrogens is 1. The lowest BCUT2D eigenvalue weighted by molar-refractivity contribution is 0.601. The largest absolute Gasteiger partial charge is 0.350 e. The van der Waals surface area contributed by atoms with E-state index in [4.69, 9.17) is 4.98 Å². The fourth-order valence-corrected chi connectivity index (χ4v) is 3.60. The maximum absolute atomic E-state index is 11.3. The van der Waals surface area contributed by atoms with Crippen molar-refractivity contribution >= 4 is 26.3 Å². The molecule has 1 rings (SSSR count). The summed E-state index contributed by atoms with van der Waals surface area (Å²) in [5.74, 6) is 0.580. The van der Waals surface area contributed by atoms with Crippen molar-refractivity contribution in [1.29, 1.82) is 0 Å². The van der Waals surface area contributed by atoms with Crippen molar-refractivity contribution in [3.8, 4) is 0 Å². The molecule has 122 valence electrons. The van der Waals surface area contributed by atoms with Gasteiger partial charge in [0.15, 0.2) is 5.13 Å². The fourth-order valence-electron chi connectivity index (χ4n) is 1.86. The first-order valence-corrected chi connectivity index (χ1v) is 10.2. The van der Waals surface area contributed by atoms with Crippen LogP contribution >= 0.6 is 11.3 Å². The predicted octanol–water partition coefficient (Wildman–Crippen LogP) is 2.25. The molecule has 21 heavy (non-hydrogen) atoms. The zero-order valence-corrected chi connectivity index (χ0v) is 15.3. The first-order chi connectivity index (χ1) is 9.78. The third-order valence-electron chi connectivity index (χ3n) is 3.46. The molecule has 0 aromatic carbocycles. The minimum absolute atomic E-state index is 0.157. The lowest BCUT2D eigenvalue weighted by atomic mass is 10.0. The van der Waals surface area contributed by atoms with Gasteiger partial charge in [-0.15, -0.1) is 11.3 Å². The van der Waals surface area contributed by atoms with Crippen LogP contribution in [-0.4, -0.2) is 45.5 Å². The highest BCUT2D eigenvalue weighted by Gasteiger charge is 2.18. The molecule has 0 spiro atoms. The molecule has 1 aromatic heterocycles. The number of hydrogen-bond donors (Lipinski definition) is 1. The van der Waals surface area contributed by atoms with Crippen LogP contribution in [0.2, 0.25) is 0 Å². The molecule has 0 radical (unpaired) electrons. The molecule has 1 unspecified atom stereocenters. The van der Waals surface area contributed by atoms with E-state index in [1.54, 1.807) is 11.3 Å². The normalized spacial score (nSPS) is 13.4. The first-order valence-electron chi connectivity index (χ1n) is 7.37. The first kappa shape index (κ1) is 18.4. The topological polar surface area (TPSA) is 62.3 Å². The molecule has 1 aromatic rings. The quantitative estimate of drug-likeness (QED) is 0.751. The highest BCUT2D eigenvalue weighted by molar-refractivity contribution is 7.90. The van der Waals surface area contributed by atoms with Gasteiger partial charge in [-0.05, 0) is 18.9 Å². The van der Waals surface area contributed by atoms with Gasteiger partial charge in [0.1, 0.15) is 9.84 Å². The van der Waals surface area contributed by atoms with Crippen LogP contribution in [0.1, 0.15) is 43.7 Å². The molecule has 5 nitrogen and oxygen atoms in total. The molecular formula is C14H27N3O2S2. The van der Waals surface area contributed by atoms with Gasteiger partial charge in [0.2, 0.25) is 0 Å². The molecule has 0 saturated heterocycles. The second-order valence-electron chi connectivity index (χ2n) is 5.45. The van der Waals surface area contributed by atoms with E-state index in [0.29, 0.717) is 12.5 Å². The Morgan fingerprint density at radius 2 is 2.05 bits per heavy atom. The average Bonchev–Trinajstić information content (AvgIpc) is 2.85.